The third kappa shape index (κ3) is 4.88. The zero-order valence-corrected chi connectivity index (χ0v) is 12.8. The molecule has 0 aliphatic heterocycles. The number of ether oxygens (including phenoxy) is 1. The second kappa shape index (κ2) is 7.59. The molecule has 10 heteroatoms. The third-order valence-electron chi connectivity index (χ3n) is 2.49. The Balaban J connectivity index is 3.24. The first kappa shape index (κ1) is 17.7. The lowest BCUT2D eigenvalue weighted by Crippen LogP contribution is -2.18. The van der Waals surface area contributed by atoms with Gasteiger partial charge in [0.05, 0.1) is 29.9 Å². The van der Waals surface area contributed by atoms with E-state index in [0.717, 1.165) is 18.3 Å². The van der Waals surface area contributed by atoms with Crippen LogP contribution in [0.4, 0.5) is 20.6 Å². The van der Waals surface area contributed by atoms with Gasteiger partial charge < -0.3 is 9.94 Å². The molecule has 1 rings (SSSR count). The number of halogens is 1. The van der Waals surface area contributed by atoms with E-state index in [1.807, 2.05) is 0 Å². The van der Waals surface area contributed by atoms with Crippen molar-refractivity contribution in [3.63, 3.8) is 0 Å². The molecular weight excluding hydrogens is 317 g/mol. The van der Waals surface area contributed by atoms with Crippen LogP contribution >= 0.6 is 0 Å². The van der Waals surface area contributed by atoms with Crippen LogP contribution in [0.3, 0.4) is 0 Å². The van der Waals surface area contributed by atoms with Crippen molar-refractivity contribution in [2.45, 2.75) is 13.8 Å². The van der Waals surface area contributed by atoms with Gasteiger partial charge in [0.2, 0.25) is 10.0 Å². The second-order valence-corrected chi connectivity index (χ2v) is 6.03. The zero-order chi connectivity index (χ0) is 16.8. The number of carbonyl (C=O) groups excluding carboxylic acids is 1. The fraction of sp³-hybridized carbons (Fsp3) is 0.333. The molecule has 0 spiro atoms. The van der Waals surface area contributed by atoms with Gasteiger partial charge in [0, 0.05) is 5.56 Å². The van der Waals surface area contributed by atoms with Gasteiger partial charge in [-0.15, -0.1) is 0 Å². The average molecular weight is 333 g/mol. The van der Waals surface area contributed by atoms with Crippen LogP contribution in [-0.4, -0.2) is 38.3 Å². The predicted molar refractivity (Wildman–Crippen MR) is 79.5 cm³/mol. The number of anilines is 2. The Labute approximate surface area is 127 Å². The highest BCUT2D eigenvalue weighted by atomic mass is 32.2. The van der Waals surface area contributed by atoms with Gasteiger partial charge in [-0.1, -0.05) is 5.16 Å². The number of carbonyl (C=O) groups is 1. The first-order chi connectivity index (χ1) is 10.3. The van der Waals surface area contributed by atoms with Gasteiger partial charge in [-0.25, -0.2) is 17.6 Å². The summed E-state index contributed by atoms with van der Waals surface area (Å²) in [6.07, 6.45) is -0.0145. The van der Waals surface area contributed by atoms with Gasteiger partial charge in [0.1, 0.15) is 5.82 Å². The third-order valence-corrected chi connectivity index (χ3v) is 3.78. The minimum Gasteiger partial charge on any atom is -0.450 e. The van der Waals surface area contributed by atoms with Crippen LogP contribution in [0.5, 0.6) is 0 Å². The van der Waals surface area contributed by atoms with Crippen molar-refractivity contribution in [2.75, 3.05) is 22.4 Å². The van der Waals surface area contributed by atoms with Gasteiger partial charge in [-0.2, -0.15) is 0 Å². The first-order valence-corrected chi connectivity index (χ1v) is 7.93. The van der Waals surface area contributed by atoms with Crippen molar-refractivity contribution in [1.82, 2.24) is 0 Å². The molecule has 0 radical (unpaired) electrons. The molecule has 0 aliphatic carbocycles. The summed E-state index contributed by atoms with van der Waals surface area (Å²) < 4.78 is 43.9. The molecule has 3 N–H and O–H groups in total. The normalized spacial score (nSPS) is 11.4. The number of sulfonamides is 1. The van der Waals surface area contributed by atoms with E-state index in [1.54, 1.807) is 6.92 Å². The molecule has 0 heterocycles. The van der Waals surface area contributed by atoms with Gasteiger partial charge >= 0.3 is 6.09 Å². The van der Waals surface area contributed by atoms with Gasteiger partial charge in [0.15, 0.2) is 0 Å². The summed E-state index contributed by atoms with van der Waals surface area (Å²) in [5.74, 6) is -1.05. The quantitative estimate of drug-likeness (QED) is 0.418. The number of rotatable bonds is 6. The van der Waals surface area contributed by atoms with Crippen molar-refractivity contribution in [2.24, 2.45) is 5.16 Å². The molecule has 1 aromatic carbocycles. The van der Waals surface area contributed by atoms with Crippen LogP contribution in [-0.2, 0) is 14.8 Å². The molecule has 0 unspecified atom stereocenters. The molecule has 0 fully saturated rings. The molecule has 1 aromatic rings. The summed E-state index contributed by atoms with van der Waals surface area (Å²) in [5, 5.41) is 13.4. The summed E-state index contributed by atoms with van der Waals surface area (Å²) in [6.45, 7) is 3.10. The van der Waals surface area contributed by atoms with E-state index in [1.165, 1.54) is 6.92 Å². The minimum atomic E-state index is -3.64. The Kier molecular flexibility index (Phi) is 6.11. The minimum absolute atomic E-state index is 0.00793. The smallest absolute Gasteiger partial charge is 0.411 e. The number of hydrogen-bond acceptors (Lipinski definition) is 6. The van der Waals surface area contributed by atoms with E-state index >= 15 is 0 Å². The van der Waals surface area contributed by atoms with E-state index in [9.17, 15) is 17.6 Å². The highest BCUT2D eigenvalue weighted by molar-refractivity contribution is 7.92. The van der Waals surface area contributed by atoms with E-state index in [0.29, 0.717) is 0 Å². The van der Waals surface area contributed by atoms with Gasteiger partial charge in [-0.05, 0) is 26.0 Å². The standard InChI is InChI=1S/C12H16FN3O5S/c1-3-21-12(17)15-11-6-10(16-22(19,20)4-2)8(7-14-18)5-9(11)13/h5-7,16,18H,3-4H2,1-2H3,(H,15,17)/b14-7+. The van der Waals surface area contributed by atoms with E-state index in [-0.39, 0.29) is 29.3 Å². The topological polar surface area (TPSA) is 117 Å². The lowest BCUT2D eigenvalue weighted by atomic mass is 10.1. The van der Waals surface area contributed by atoms with Crippen LogP contribution in [0.1, 0.15) is 19.4 Å². The first-order valence-electron chi connectivity index (χ1n) is 6.28. The predicted octanol–water partition coefficient (Wildman–Crippen LogP) is 1.96. The van der Waals surface area contributed by atoms with Crippen molar-refractivity contribution >= 4 is 33.7 Å². The number of nitrogens with zero attached hydrogens (tertiary/aromatic N) is 1. The van der Waals surface area contributed by atoms with E-state index in [2.05, 4.69) is 19.9 Å². The molecule has 0 saturated carbocycles. The van der Waals surface area contributed by atoms with Gasteiger partial charge in [0.25, 0.3) is 0 Å². The fourth-order valence-electron chi connectivity index (χ4n) is 1.46. The molecule has 0 bridgehead atoms. The molecule has 0 aromatic heterocycles. The maximum atomic E-state index is 13.9. The number of benzene rings is 1. The summed E-state index contributed by atoms with van der Waals surface area (Å²) in [7, 11) is -3.64. The van der Waals surface area contributed by atoms with Crippen LogP contribution in [0, 0.1) is 5.82 Å². The molecule has 122 valence electrons. The Morgan fingerprint density at radius 2 is 2.09 bits per heavy atom. The SMILES string of the molecule is CCOC(=O)Nc1cc(NS(=O)(=O)CC)c(/C=N/O)cc1F. The van der Waals surface area contributed by atoms with Gasteiger partial charge in [-0.3, -0.25) is 10.0 Å². The maximum absolute atomic E-state index is 13.9. The van der Waals surface area contributed by atoms with E-state index in [4.69, 9.17) is 5.21 Å². The second-order valence-electron chi connectivity index (χ2n) is 4.01. The molecule has 1 amide bonds. The molecule has 0 atom stereocenters. The molecule has 8 nitrogen and oxygen atoms in total. The van der Waals surface area contributed by atoms with Crippen LogP contribution < -0.4 is 10.0 Å². The lowest BCUT2D eigenvalue weighted by Gasteiger charge is -2.13. The Morgan fingerprint density at radius 3 is 2.64 bits per heavy atom. The summed E-state index contributed by atoms with van der Waals surface area (Å²) >= 11 is 0. The average Bonchev–Trinajstić information content (AvgIpc) is 2.44. The highest BCUT2D eigenvalue weighted by Crippen LogP contribution is 2.25. The van der Waals surface area contributed by atoms with Crippen molar-refractivity contribution in [1.29, 1.82) is 0 Å². The summed E-state index contributed by atoms with van der Waals surface area (Å²) in [4.78, 5) is 11.3. The molecule has 0 aliphatic rings. The number of amides is 1. The molecular formula is C12H16FN3O5S. The van der Waals surface area contributed by atoms with Crippen LogP contribution in [0.2, 0.25) is 0 Å². The molecule has 0 saturated heterocycles. The molecule has 22 heavy (non-hydrogen) atoms. The Hall–Kier alpha value is -2.36. The lowest BCUT2D eigenvalue weighted by molar-refractivity contribution is 0.168. The summed E-state index contributed by atoms with van der Waals surface area (Å²) in [5.41, 5.74) is -0.332. The van der Waals surface area contributed by atoms with Crippen LogP contribution in [0.15, 0.2) is 17.3 Å². The number of oxime groups is 1. The Bertz CT molecular complexity index is 676. The monoisotopic (exact) mass is 333 g/mol. The largest absolute Gasteiger partial charge is 0.450 e. The maximum Gasteiger partial charge on any atom is 0.411 e. The van der Waals surface area contributed by atoms with E-state index < -0.39 is 21.9 Å². The zero-order valence-electron chi connectivity index (χ0n) is 12.0. The Morgan fingerprint density at radius 1 is 1.41 bits per heavy atom. The van der Waals surface area contributed by atoms with Crippen LogP contribution in [0.25, 0.3) is 0 Å². The van der Waals surface area contributed by atoms with Crippen molar-refractivity contribution in [3.05, 3.63) is 23.5 Å². The number of hydrogen-bond donors (Lipinski definition) is 3. The summed E-state index contributed by atoms with van der Waals surface area (Å²) in [6, 6.07) is 1.98. The van der Waals surface area contributed by atoms with Crippen molar-refractivity contribution in [3.8, 4) is 0 Å². The fourth-order valence-corrected chi connectivity index (χ4v) is 2.11. The highest BCUT2D eigenvalue weighted by Gasteiger charge is 2.15. The van der Waals surface area contributed by atoms with Crippen molar-refractivity contribution < 1.29 is 27.5 Å². The number of nitrogens with one attached hydrogen (secondary N) is 2.